The molecule has 2 saturated heterocycles. The van der Waals surface area contributed by atoms with E-state index in [1.165, 1.54) is 6.92 Å². The van der Waals surface area contributed by atoms with Crippen LogP contribution in [0, 0.1) is 0 Å². The molecular formula is C11H19NO5. The summed E-state index contributed by atoms with van der Waals surface area (Å²) >= 11 is 0. The van der Waals surface area contributed by atoms with Gasteiger partial charge in [0.2, 0.25) is 5.91 Å². The highest BCUT2D eigenvalue weighted by Crippen LogP contribution is 2.35. The Morgan fingerprint density at radius 2 is 2.00 bits per heavy atom. The third-order valence-corrected chi connectivity index (χ3v) is 2.89. The van der Waals surface area contributed by atoms with Gasteiger partial charge in [0.25, 0.3) is 0 Å². The number of fused-ring (bicyclic) bond motifs is 1. The molecule has 2 aliphatic heterocycles. The maximum absolute atomic E-state index is 11.1. The summed E-state index contributed by atoms with van der Waals surface area (Å²) in [5.41, 5.74) is 0. The predicted molar refractivity (Wildman–Crippen MR) is 58.2 cm³/mol. The molecule has 1 amide bonds. The van der Waals surface area contributed by atoms with Crippen LogP contribution in [-0.2, 0) is 23.7 Å². The van der Waals surface area contributed by atoms with Crippen molar-refractivity contribution in [2.75, 3.05) is 13.7 Å². The molecule has 0 radical (unpaired) electrons. The van der Waals surface area contributed by atoms with Crippen molar-refractivity contribution in [1.82, 2.24) is 5.32 Å². The molecule has 0 spiro atoms. The van der Waals surface area contributed by atoms with Crippen LogP contribution >= 0.6 is 0 Å². The van der Waals surface area contributed by atoms with Gasteiger partial charge in [0.1, 0.15) is 12.2 Å². The number of hydrogen-bond donors (Lipinski definition) is 1. The molecule has 0 saturated carbocycles. The van der Waals surface area contributed by atoms with E-state index in [0.29, 0.717) is 6.61 Å². The van der Waals surface area contributed by atoms with E-state index >= 15 is 0 Å². The number of carbonyl (C=O) groups excluding carboxylic acids is 1. The zero-order chi connectivity index (χ0) is 12.6. The lowest BCUT2D eigenvalue weighted by atomic mass is 10.0. The van der Waals surface area contributed by atoms with Gasteiger partial charge in [0, 0.05) is 14.0 Å². The molecule has 6 heteroatoms. The number of hydrogen-bond acceptors (Lipinski definition) is 5. The van der Waals surface area contributed by atoms with Crippen LogP contribution in [0.25, 0.3) is 0 Å². The van der Waals surface area contributed by atoms with E-state index in [0.717, 1.165) is 0 Å². The lowest BCUT2D eigenvalue weighted by Gasteiger charge is -2.36. The van der Waals surface area contributed by atoms with Crippen molar-refractivity contribution in [2.45, 2.75) is 51.1 Å². The van der Waals surface area contributed by atoms with Gasteiger partial charge in [-0.1, -0.05) is 0 Å². The summed E-state index contributed by atoms with van der Waals surface area (Å²) in [5, 5.41) is 2.81. The standard InChI is InChI=1S/C11H19NO5/c1-6(13)12-7-5-15-10(14-4)9-8(7)16-11(2,3)17-9/h7-10H,5H2,1-4H3,(H,12,13)/t7-,8+,9+,10-/m0/s1. The molecule has 0 bridgehead atoms. The van der Waals surface area contributed by atoms with E-state index in [9.17, 15) is 4.79 Å². The van der Waals surface area contributed by atoms with Crippen molar-refractivity contribution in [1.29, 1.82) is 0 Å². The van der Waals surface area contributed by atoms with E-state index in [4.69, 9.17) is 18.9 Å². The van der Waals surface area contributed by atoms with Gasteiger partial charge in [-0.2, -0.15) is 0 Å². The summed E-state index contributed by atoms with van der Waals surface area (Å²) in [6, 6.07) is -0.203. The molecule has 6 nitrogen and oxygen atoms in total. The average molecular weight is 245 g/mol. The Morgan fingerprint density at radius 3 is 2.59 bits per heavy atom. The summed E-state index contributed by atoms with van der Waals surface area (Å²) in [5.74, 6) is -0.794. The van der Waals surface area contributed by atoms with Gasteiger partial charge in [-0.05, 0) is 13.8 Å². The second-order valence-electron chi connectivity index (χ2n) is 4.81. The first-order valence-electron chi connectivity index (χ1n) is 5.70. The van der Waals surface area contributed by atoms with Crippen LogP contribution < -0.4 is 5.32 Å². The van der Waals surface area contributed by atoms with Crippen LogP contribution in [0.15, 0.2) is 0 Å². The number of amides is 1. The number of ether oxygens (including phenoxy) is 4. The van der Waals surface area contributed by atoms with Crippen molar-refractivity contribution in [2.24, 2.45) is 0 Å². The molecule has 2 rings (SSSR count). The fraction of sp³-hybridized carbons (Fsp3) is 0.909. The third kappa shape index (κ3) is 2.60. The Balaban J connectivity index is 2.12. The van der Waals surface area contributed by atoms with Crippen LogP contribution in [0.4, 0.5) is 0 Å². The van der Waals surface area contributed by atoms with Crippen molar-refractivity contribution < 1.29 is 23.7 Å². The first-order chi connectivity index (χ1) is 7.93. The van der Waals surface area contributed by atoms with Crippen LogP contribution in [0.3, 0.4) is 0 Å². The fourth-order valence-electron chi connectivity index (χ4n) is 2.31. The maximum Gasteiger partial charge on any atom is 0.217 e. The van der Waals surface area contributed by atoms with Gasteiger partial charge < -0.3 is 24.3 Å². The minimum atomic E-state index is -0.684. The molecule has 2 heterocycles. The van der Waals surface area contributed by atoms with E-state index in [2.05, 4.69) is 5.32 Å². The quantitative estimate of drug-likeness (QED) is 0.742. The van der Waals surface area contributed by atoms with E-state index in [1.54, 1.807) is 7.11 Å². The molecule has 2 fully saturated rings. The lowest BCUT2D eigenvalue weighted by Crippen LogP contribution is -2.58. The highest BCUT2D eigenvalue weighted by Gasteiger charge is 2.52. The fourth-order valence-corrected chi connectivity index (χ4v) is 2.31. The summed E-state index contributed by atoms with van der Waals surface area (Å²) in [6.45, 7) is 5.50. The molecule has 1 N–H and O–H groups in total. The monoisotopic (exact) mass is 245 g/mol. The largest absolute Gasteiger partial charge is 0.353 e. The van der Waals surface area contributed by atoms with Gasteiger partial charge in [0.15, 0.2) is 12.1 Å². The Morgan fingerprint density at radius 1 is 1.35 bits per heavy atom. The Bertz CT molecular complexity index is 306. The second kappa shape index (κ2) is 4.53. The highest BCUT2D eigenvalue weighted by atomic mass is 16.8. The zero-order valence-electron chi connectivity index (χ0n) is 10.6. The van der Waals surface area contributed by atoms with E-state index in [-0.39, 0.29) is 24.2 Å². The van der Waals surface area contributed by atoms with Crippen LogP contribution in [0.1, 0.15) is 20.8 Å². The van der Waals surface area contributed by atoms with Crippen LogP contribution in [0.2, 0.25) is 0 Å². The normalized spacial score (nSPS) is 39.8. The first kappa shape index (κ1) is 12.8. The van der Waals surface area contributed by atoms with Gasteiger partial charge in [-0.3, -0.25) is 4.79 Å². The SMILES string of the molecule is CO[C@H]1OC[C@H](NC(C)=O)[C@H]2OC(C)(C)O[C@@H]12. The topological polar surface area (TPSA) is 66.0 Å². The second-order valence-corrected chi connectivity index (χ2v) is 4.81. The molecule has 17 heavy (non-hydrogen) atoms. The Hall–Kier alpha value is -0.690. The molecule has 98 valence electrons. The predicted octanol–water partition coefficient (Wildman–Crippen LogP) is 0.0139. The van der Waals surface area contributed by atoms with E-state index in [1.807, 2.05) is 13.8 Å². The molecule has 0 unspecified atom stereocenters. The molecule has 4 atom stereocenters. The van der Waals surface area contributed by atoms with Gasteiger partial charge in [0.05, 0.1) is 12.6 Å². The van der Waals surface area contributed by atoms with Crippen LogP contribution in [0.5, 0.6) is 0 Å². The van der Waals surface area contributed by atoms with Crippen molar-refractivity contribution in [3.63, 3.8) is 0 Å². The van der Waals surface area contributed by atoms with Gasteiger partial charge in [-0.25, -0.2) is 0 Å². The van der Waals surface area contributed by atoms with Gasteiger partial charge >= 0.3 is 0 Å². The summed E-state index contributed by atoms with van der Waals surface area (Å²) in [4.78, 5) is 11.1. The Kier molecular flexibility index (Phi) is 3.40. The molecule has 0 aromatic carbocycles. The molecule has 0 aromatic rings. The number of carbonyl (C=O) groups is 1. The summed E-state index contributed by atoms with van der Waals surface area (Å²) in [6.07, 6.45) is -1.01. The molecular weight excluding hydrogens is 226 g/mol. The van der Waals surface area contributed by atoms with Gasteiger partial charge in [-0.15, -0.1) is 0 Å². The first-order valence-corrected chi connectivity index (χ1v) is 5.70. The van der Waals surface area contributed by atoms with E-state index < -0.39 is 12.1 Å². The number of rotatable bonds is 2. The summed E-state index contributed by atoms with van der Waals surface area (Å²) in [7, 11) is 1.56. The number of nitrogens with one attached hydrogen (secondary N) is 1. The average Bonchev–Trinajstić information content (AvgIpc) is 2.53. The van der Waals surface area contributed by atoms with Crippen molar-refractivity contribution in [3.05, 3.63) is 0 Å². The molecule has 0 aromatic heterocycles. The van der Waals surface area contributed by atoms with Crippen molar-refractivity contribution >= 4 is 5.91 Å². The highest BCUT2D eigenvalue weighted by molar-refractivity contribution is 5.73. The van der Waals surface area contributed by atoms with Crippen molar-refractivity contribution in [3.8, 4) is 0 Å². The zero-order valence-corrected chi connectivity index (χ0v) is 10.6. The molecule has 2 aliphatic rings. The Labute approximate surface area is 101 Å². The van der Waals surface area contributed by atoms with Crippen LogP contribution in [-0.4, -0.2) is 50.0 Å². The molecule has 0 aliphatic carbocycles. The summed E-state index contributed by atoms with van der Waals surface area (Å²) < 4.78 is 22.3. The number of methoxy groups -OCH3 is 1. The smallest absolute Gasteiger partial charge is 0.217 e. The minimum absolute atomic E-state index is 0.110. The maximum atomic E-state index is 11.1. The minimum Gasteiger partial charge on any atom is -0.353 e. The third-order valence-electron chi connectivity index (χ3n) is 2.89. The lowest BCUT2D eigenvalue weighted by molar-refractivity contribution is -0.223.